The highest BCUT2D eigenvalue weighted by molar-refractivity contribution is 7.99. The van der Waals surface area contributed by atoms with E-state index in [-0.39, 0.29) is 10.9 Å². The zero-order valence-electron chi connectivity index (χ0n) is 24.6. The number of rotatable bonds is 5. The lowest BCUT2D eigenvalue weighted by Gasteiger charge is -2.32. The summed E-state index contributed by atoms with van der Waals surface area (Å²) in [6.45, 7) is 2.22. The molecule has 0 saturated heterocycles. The van der Waals surface area contributed by atoms with E-state index in [9.17, 15) is 9.59 Å². The molecule has 0 fully saturated rings. The van der Waals surface area contributed by atoms with Crippen molar-refractivity contribution < 1.29 is 0 Å². The molecule has 0 saturated carbocycles. The molecule has 0 N–H and O–H groups in total. The Morgan fingerprint density at radius 2 is 1.02 bits per heavy atom. The Morgan fingerprint density at radius 3 is 1.78 bits per heavy atom. The van der Waals surface area contributed by atoms with Crippen LogP contribution in [0.15, 0.2) is 153 Å². The number of halogens is 1. The zero-order chi connectivity index (χ0) is 31.4. The molecule has 2 aromatic heterocycles. The Hall–Kier alpha value is -4.26. The molecule has 222 valence electrons. The van der Waals surface area contributed by atoms with Gasteiger partial charge in [0, 0.05) is 60.6 Å². The second kappa shape index (κ2) is 11.5. The van der Waals surface area contributed by atoms with Gasteiger partial charge in [0.2, 0.25) is 0 Å². The Morgan fingerprint density at radius 1 is 0.500 bits per heavy atom. The largest absolute Gasteiger partial charge is 0.289 e. The fraction of sp³-hybridized carbons (Fsp3) is 0.0500. The van der Waals surface area contributed by atoms with Gasteiger partial charge in [-0.2, -0.15) is 0 Å². The van der Waals surface area contributed by atoms with E-state index in [0.29, 0.717) is 15.8 Å². The molecule has 0 bridgehead atoms. The summed E-state index contributed by atoms with van der Waals surface area (Å²) in [6.07, 6.45) is 0. The molecule has 2 nitrogen and oxygen atoms in total. The zero-order valence-corrected chi connectivity index (χ0v) is 27.8. The molecular weight excluding hydrogens is 644 g/mol. The lowest BCUT2D eigenvalue weighted by atomic mass is 9.71. The fourth-order valence-electron chi connectivity index (χ4n) is 6.25. The summed E-state index contributed by atoms with van der Waals surface area (Å²) < 4.78 is 3.89. The van der Waals surface area contributed by atoms with E-state index >= 15 is 0 Å². The van der Waals surface area contributed by atoms with Crippen LogP contribution in [0.5, 0.6) is 0 Å². The summed E-state index contributed by atoms with van der Waals surface area (Å²) in [6, 6.07) is 44.8. The topological polar surface area (TPSA) is 34.1 Å². The minimum Gasteiger partial charge on any atom is -0.289 e. The van der Waals surface area contributed by atoms with Crippen LogP contribution in [-0.4, -0.2) is 0 Å². The van der Waals surface area contributed by atoms with Crippen LogP contribution in [0.4, 0.5) is 0 Å². The molecule has 2 heterocycles. The SMILES string of the molecule is CC(c1ccccc1)(c1ccc(Sc2ccc3sc4ccccc4c(=O)c3c2)cc1)c1ccc2sc3ccc(Cl)cc3c(=O)c2c1. The van der Waals surface area contributed by atoms with Crippen molar-refractivity contribution in [3.8, 4) is 0 Å². The van der Waals surface area contributed by atoms with Crippen LogP contribution in [0.1, 0.15) is 23.6 Å². The van der Waals surface area contributed by atoms with Crippen molar-refractivity contribution in [1.82, 2.24) is 0 Å². The molecular formula is C40H25ClO2S3. The third-order valence-corrected chi connectivity index (χ3v) is 12.3. The summed E-state index contributed by atoms with van der Waals surface area (Å²) >= 11 is 11.2. The smallest absolute Gasteiger partial charge is 0.195 e. The van der Waals surface area contributed by atoms with Crippen LogP contribution in [0.2, 0.25) is 5.02 Å². The Labute approximate surface area is 282 Å². The van der Waals surface area contributed by atoms with E-state index in [1.807, 2.05) is 48.5 Å². The average molecular weight is 669 g/mol. The van der Waals surface area contributed by atoms with Crippen LogP contribution in [-0.2, 0) is 5.41 Å². The van der Waals surface area contributed by atoms with E-state index < -0.39 is 5.41 Å². The Bertz CT molecular complexity index is 2570. The summed E-state index contributed by atoms with van der Waals surface area (Å²) in [5.74, 6) is 0. The van der Waals surface area contributed by atoms with Gasteiger partial charge in [-0.05, 0) is 96.4 Å². The first-order valence-electron chi connectivity index (χ1n) is 14.8. The molecule has 6 aromatic carbocycles. The van der Waals surface area contributed by atoms with Gasteiger partial charge < -0.3 is 0 Å². The maximum absolute atomic E-state index is 13.7. The lowest BCUT2D eigenvalue weighted by molar-refractivity contribution is 0.693. The molecule has 0 radical (unpaired) electrons. The molecule has 0 spiro atoms. The normalized spacial score (nSPS) is 13.0. The predicted molar refractivity (Wildman–Crippen MR) is 199 cm³/mol. The maximum Gasteiger partial charge on any atom is 0.195 e. The fourth-order valence-corrected chi connectivity index (χ4v) is 9.36. The van der Waals surface area contributed by atoms with Crippen molar-refractivity contribution in [3.63, 3.8) is 0 Å². The van der Waals surface area contributed by atoms with Crippen molar-refractivity contribution in [2.24, 2.45) is 0 Å². The van der Waals surface area contributed by atoms with Crippen LogP contribution >= 0.6 is 46.0 Å². The van der Waals surface area contributed by atoms with Gasteiger partial charge in [-0.25, -0.2) is 0 Å². The van der Waals surface area contributed by atoms with Crippen molar-refractivity contribution in [1.29, 1.82) is 0 Å². The van der Waals surface area contributed by atoms with Gasteiger partial charge in [0.25, 0.3) is 0 Å². The highest BCUT2D eigenvalue weighted by Gasteiger charge is 2.31. The standard InChI is InChI=1S/C40H25ClO2S3/c1-40(24-7-3-2-4-8-24,26-13-18-35-31(21-26)39(43)32-22-27(41)14-19-36(32)46-35)25-11-15-28(16-12-25)44-29-17-20-37-33(23-29)38(42)30-9-5-6-10-34(30)45-37/h2-23H,1H3. The van der Waals surface area contributed by atoms with E-state index in [1.54, 1.807) is 40.5 Å². The number of hydrogen-bond donors (Lipinski definition) is 0. The van der Waals surface area contributed by atoms with E-state index in [0.717, 1.165) is 56.1 Å². The molecule has 8 aromatic rings. The minimum atomic E-state index is -0.512. The molecule has 46 heavy (non-hydrogen) atoms. The molecule has 8 rings (SSSR count). The van der Waals surface area contributed by atoms with Gasteiger partial charge in [0.1, 0.15) is 0 Å². The van der Waals surface area contributed by atoms with Crippen LogP contribution in [0.25, 0.3) is 40.3 Å². The van der Waals surface area contributed by atoms with Crippen LogP contribution in [0, 0.1) is 0 Å². The molecule has 0 amide bonds. The second-order valence-corrected chi connectivity index (χ2v) is 15.2. The van der Waals surface area contributed by atoms with E-state index in [2.05, 4.69) is 85.8 Å². The third kappa shape index (κ3) is 4.95. The van der Waals surface area contributed by atoms with Crippen molar-refractivity contribution >= 4 is 86.4 Å². The van der Waals surface area contributed by atoms with Gasteiger partial charge >= 0.3 is 0 Å². The quantitative estimate of drug-likeness (QED) is 0.135. The molecule has 6 heteroatoms. The Balaban J connectivity index is 1.19. The van der Waals surface area contributed by atoms with Crippen LogP contribution < -0.4 is 10.9 Å². The number of hydrogen-bond acceptors (Lipinski definition) is 5. The Kier molecular flexibility index (Phi) is 7.30. The third-order valence-electron chi connectivity index (χ3n) is 8.77. The minimum absolute atomic E-state index is 0.000629. The summed E-state index contributed by atoms with van der Waals surface area (Å²) in [5, 5.41) is 3.44. The predicted octanol–water partition coefficient (Wildman–Crippen LogP) is 11.3. The van der Waals surface area contributed by atoms with Gasteiger partial charge in [-0.1, -0.05) is 84.0 Å². The molecule has 1 unspecified atom stereocenters. The summed E-state index contributed by atoms with van der Waals surface area (Å²) in [7, 11) is 0. The molecule has 0 aliphatic rings. The van der Waals surface area contributed by atoms with Crippen molar-refractivity contribution in [3.05, 3.63) is 176 Å². The maximum atomic E-state index is 13.7. The highest BCUT2D eigenvalue weighted by Crippen LogP contribution is 2.41. The summed E-state index contributed by atoms with van der Waals surface area (Å²) in [5.41, 5.74) is 2.87. The molecule has 0 aliphatic carbocycles. The van der Waals surface area contributed by atoms with Gasteiger partial charge in [-0.3, -0.25) is 9.59 Å². The number of benzene rings is 6. The summed E-state index contributed by atoms with van der Waals surface area (Å²) in [4.78, 5) is 29.1. The van der Waals surface area contributed by atoms with Crippen molar-refractivity contribution in [2.45, 2.75) is 22.1 Å². The first kappa shape index (κ1) is 29.2. The van der Waals surface area contributed by atoms with E-state index in [4.69, 9.17) is 11.6 Å². The first-order valence-corrected chi connectivity index (χ1v) is 17.7. The van der Waals surface area contributed by atoms with Gasteiger partial charge in [0.15, 0.2) is 10.9 Å². The van der Waals surface area contributed by atoms with Crippen LogP contribution in [0.3, 0.4) is 0 Å². The molecule has 0 aliphatic heterocycles. The monoisotopic (exact) mass is 668 g/mol. The second-order valence-electron chi connectivity index (χ2n) is 11.5. The number of fused-ring (bicyclic) bond motifs is 4. The van der Waals surface area contributed by atoms with E-state index in [1.165, 1.54) is 0 Å². The molecule has 1 atom stereocenters. The van der Waals surface area contributed by atoms with Gasteiger partial charge in [-0.15, -0.1) is 22.7 Å². The van der Waals surface area contributed by atoms with Gasteiger partial charge in [0.05, 0.1) is 0 Å². The first-order chi connectivity index (χ1) is 22.4. The average Bonchev–Trinajstić information content (AvgIpc) is 3.09. The van der Waals surface area contributed by atoms with Crippen molar-refractivity contribution in [2.75, 3.05) is 0 Å². The highest BCUT2D eigenvalue weighted by atomic mass is 35.5. The lowest BCUT2D eigenvalue weighted by Crippen LogP contribution is -2.25.